The minimum atomic E-state index is -1.04. The van der Waals surface area contributed by atoms with Crippen LogP contribution < -0.4 is 24.3 Å². The molecule has 0 spiro atoms. The summed E-state index contributed by atoms with van der Waals surface area (Å²) in [6, 6.07) is 16.6. The topological polar surface area (TPSA) is 117 Å². The Bertz CT molecular complexity index is 1610. The Morgan fingerprint density at radius 2 is 1.62 bits per heavy atom. The molecule has 0 aliphatic heterocycles. The van der Waals surface area contributed by atoms with Crippen molar-refractivity contribution in [1.82, 2.24) is 25.2 Å². The van der Waals surface area contributed by atoms with Crippen molar-refractivity contribution in [2.45, 2.75) is 63.7 Å². The van der Waals surface area contributed by atoms with Crippen molar-refractivity contribution in [3.05, 3.63) is 71.8 Å². The van der Waals surface area contributed by atoms with E-state index in [2.05, 4.69) is 15.6 Å². The summed E-state index contributed by atoms with van der Waals surface area (Å²) >= 11 is 0. The minimum Gasteiger partial charge on any atom is -0.497 e. The van der Waals surface area contributed by atoms with Gasteiger partial charge in [0.25, 0.3) is 0 Å². The first-order chi connectivity index (χ1) is 21.9. The van der Waals surface area contributed by atoms with Crippen LogP contribution in [0.15, 0.2) is 60.7 Å². The fourth-order valence-corrected chi connectivity index (χ4v) is 6.04. The molecule has 1 aliphatic rings. The molecular formula is C34H41N5O6. The highest BCUT2D eigenvalue weighted by atomic mass is 16.5. The monoisotopic (exact) mass is 615 g/mol. The number of nitrogens with zero attached hydrogens (tertiary/aromatic N) is 4. The lowest BCUT2D eigenvalue weighted by Crippen LogP contribution is -2.48. The third-order valence-corrected chi connectivity index (χ3v) is 8.39. The second kappa shape index (κ2) is 14.3. The number of hydrogen-bond donors (Lipinski definition) is 1. The van der Waals surface area contributed by atoms with Crippen LogP contribution in [-0.4, -0.2) is 66.2 Å². The number of carbonyl (C=O) groups is 2. The summed E-state index contributed by atoms with van der Waals surface area (Å²) in [5, 5.41) is 11.9. The Hall–Kier alpha value is -4.80. The Kier molecular flexibility index (Phi) is 10.1. The van der Waals surface area contributed by atoms with Crippen molar-refractivity contribution >= 4 is 22.8 Å². The number of carbonyl (C=O) groups excluding carboxylic acids is 2. The molecule has 11 nitrogen and oxygen atoms in total. The van der Waals surface area contributed by atoms with E-state index in [4.69, 9.17) is 18.9 Å². The van der Waals surface area contributed by atoms with Gasteiger partial charge >= 0.3 is 0 Å². The number of fused-ring (bicyclic) bond motifs is 1. The molecule has 1 saturated carbocycles. The van der Waals surface area contributed by atoms with Crippen LogP contribution in [0.1, 0.15) is 62.2 Å². The van der Waals surface area contributed by atoms with Gasteiger partial charge < -0.3 is 29.2 Å². The molecule has 45 heavy (non-hydrogen) atoms. The highest BCUT2D eigenvalue weighted by Gasteiger charge is 2.37. The molecule has 0 saturated heterocycles. The van der Waals surface area contributed by atoms with Crippen LogP contribution in [0.3, 0.4) is 0 Å². The predicted octanol–water partition coefficient (Wildman–Crippen LogP) is 5.25. The van der Waals surface area contributed by atoms with E-state index in [9.17, 15) is 9.59 Å². The molecular weight excluding hydrogens is 574 g/mol. The van der Waals surface area contributed by atoms with Crippen molar-refractivity contribution < 1.29 is 28.5 Å². The largest absolute Gasteiger partial charge is 0.497 e. The summed E-state index contributed by atoms with van der Waals surface area (Å²) in [7, 11) is 6.16. The number of amides is 2. The van der Waals surface area contributed by atoms with E-state index >= 15 is 0 Å². The molecule has 1 aromatic heterocycles. The lowest BCUT2D eigenvalue weighted by Gasteiger charge is -2.35. The molecule has 4 aromatic rings. The Labute approximate surface area is 263 Å². The van der Waals surface area contributed by atoms with Gasteiger partial charge in [-0.05, 0) is 67.3 Å². The molecule has 1 heterocycles. The van der Waals surface area contributed by atoms with E-state index in [1.807, 2.05) is 48.5 Å². The first-order valence-electron chi connectivity index (χ1n) is 15.2. The zero-order valence-corrected chi connectivity index (χ0v) is 26.5. The van der Waals surface area contributed by atoms with E-state index in [1.54, 1.807) is 35.7 Å². The van der Waals surface area contributed by atoms with Crippen molar-refractivity contribution in [2.24, 2.45) is 0 Å². The average molecular weight is 616 g/mol. The maximum Gasteiger partial charge on any atom is 0.248 e. The van der Waals surface area contributed by atoms with Crippen molar-refractivity contribution in [1.29, 1.82) is 0 Å². The van der Waals surface area contributed by atoms with Gasteiger partial charge in [-0.25, -0.2) is 4.68 Å². The van der Waals surface area contributed by atoms with Gasteiger partial charge in [0.15, 0.2) is 11.5 Å². The van der Waals surface area contributed by atoms with E-state index in [-0.39, 0.29) is 24.4 Å². The molecule has 11 heteroatoms. The molecule has 238 valence electrons. The number of para-hydroxylation sites is 1. The molecule has 0 radical (unpaired) electrons. The van der Waals surface area contributed by atoms with Gasteiger partial charge in [-0.2, -0.15) is 0 Å². The van der Waals surface area contributed by atoms with Crippen LogP contribution in [0.2, 0.25) is 0 Å². The number of nitrogens with one attached hydrogen (secondary N) is 1. The van der Waals surface area contributed by atoms with Crippen LogP contribution in [0.5, 0.6) is 23.0 Å². The van der Waals surface area contributed by atoms with Crippen LogP contribution in [0, 0.1) is 0 Å². The minimum absolute atomic E-state index is 0.0150. The quantitative estimate of drug-likeness (QED) is 0.230. The SMILES string of the molecule is COc1cccc(CN(C(=O)[C@@H](C)n2nnc3ccccc32)[C@@H](C(=O)NC2CCCCC2)c2cc(OC)c(OC)c(OC)c2)c1. The van der Waals surface area contributed by atoms with Gasteiger partial charge in [0.2, 0.25) is 17.6 Å². The van der Waals surface area contributed by atoms with E-state index in [1.165, 1.54) is 21.3 Å². The van der Waals surface area contributed by atoms with Crippen LogP contribution in [0.25, 0.3) is 11.0 Å². The zero-order valence-electron chi connectivity index (χ0n) is 26.5. The number of aromatic nitrogens is 3. The first kappa shape index (κ1) is 31.6. The summed E-state index contributed by atoms with van der Waals surface area (Å²) in [6.07, 6.45) is 5.01. The molecule has 5 rings (SSSR count). The van der Waals surface area contributed by atoms with E-state index in [0.29, 0.717) is 34.1 Å². The van der Waals surface area contributed by atoms with Gasteiger partial charge in [-0.1, -0.05) is 48.7 Å². The summed E-state index contributed by atoms with van der Waals surface area (Å²) in [5.41, 5.74) is 2.70. The van der Waals surface area contributed by atoms with Crippen molar-refractivity contribution in [3.63, 3.8) is 0 Å². The van der Waals surface area contributed by atoms with Crippen molar-refractivity contribution in [2.75, 3.05) is 28.4 Å². The highest BCUT2D eigenvalue weighted by molar-refractivity contribution is 5.91. The third-order valence-electron chi connectivity index (χ3n) is 8.39. The Morgan fingerprint density at radius 1 is 0.911 bits per heavy atom. The molecule has 1 N–H and O–H groups in total. The fourth-order valence-electron chi connectivity index (χ4n) is 6.04. The Balaban J connectivity index is 1.65. The van der Waals surface area contributed by atoms with E-state index in [0.717, 1.165) is 43.2 Å². The van der Waals surface area contributed by atoms with Gasteiger partial charge in [-0.15, -0.1) is 5.10 Å². The molecule has 2 atom stereocenters. The first-order valence-corrected chi connectivity index (χ1v) is 15.2. The van der Waals surface area contributed by atoms with Gasteiger partial charge in [0, 0.05) is 12.6 Å². The van der Waals surface area contributed by atoms with Crippen LogP contribution in [0.4, 0.5) is 0 Å². The normalized spacial score (nSPS) is 14.8. The standard InChI is InChI=1S/C34H41N5O6/c1-22(39-28-17-10-9-16-27(28)36-37-39)34(41)38(21-23-12-11-15-26(18-23)42-2)31(33(40)35-25-13-7-6-8-14-25)24-19-29(43-3)32(45-5)30(20-24)44-4/h9-12,15-20,22,25,31H,6-8,13-14,21H2,1-5H3,(H,35,40)/t22-,31-/m1/s1. The smallest absolute Gasteiger partial charge is 0.248 e. The maximum atomic E-state index is 14.7. The van der Waals surface area contributed by atoms with Gasteiger partial charge in [0.05, 0.1) is 34.0 Å². The van der Waals surface area contributed by atoms with E-state index < -0.39 is 12.1 Å². The maximum absolute atomic E-state index is 14.7. The summed E-state index contributed by atoms with van der Waals surface area (Å²) in [4.78, 5) is 30.8. The number of benzene rings is 3. The highest BCUT2D eigenvalue weighted by Crippen LogP contribution is 2.41. The molecule has 0 unspecified atom stereocenters. The lowest BCUT2D eigenvalue weighted by atomic mass is 9.94. The molecule has 0 bridgehead atoms. The molecule has 2 amide bonds. The van der Waals surface area contributed by atoms with Crippen LogP contribution in [-0.2, 0) is 16.1 Å². The predicted molar refractivity (Wildman–Crippen MR) is 170 cm³/mol. The zero-order chi connectivity index (χ0) is 31.9. The van der Waals surface area contributed by atoms with Gasteiger partial charge in [-0.3, -0.25) is 9.59 Å². The summed E-state index contributed by atoms with van der Waals surface area (Å²) < 4.78 is 24.0. The number of rotatable bonds is 12. The third kappa shape index (κ3) is 6.82. The second-order valence-corrected chi connectivity index (χ2v) is 11.2. The molecule has 1 aliphatic carbocycles. The molecule has 1 fully saturated rings. The number of hydrogen-bond acceptors (Lipinski definition) is 8. The van der Waals surface area contributed by atoms with Crippen molar-refractivity contribution in [3.8, 4) is 23.0 Å². The number of ether oxygens (including phenoxy) is 4. The Morgan fingerprint density at radius 3 is 2.29 bits per heavy atom. The molecule has 3 aromatic carbocycles. The van der Waals surface area contributed by atoms with Gasteiger partial charge in [0.1, 0.15) is 23.3 Å². The second-order valence-electron chi connectivity index (χ2n) is 11.2. The summed E-state index contributed by atoms with van der Waals surface area (Å²) in [5.74, 6) is 1.20. The average Bonchev–Trinajstić information content (AvgIpc) is 3.51. The lowest BCUT2D eigenvalue weighted by molar-refractivity contribution is -0.144. The fraction of sp³-hybridized carbons (Fsp3) is 0.412. The summed E-state index contributed by atoms with van der Waals surface area (Å²) in [6.45, 7) is 1.89. The van der Waals surface area contributed by atoms with Crippen LogP contribution >= 0.6 is 0 Å². The number of methoxy groups -OCH3 is 4.